The van der Waals surface area contributed by atoms with Gasteiger partial charge < -0.3 is 15.0 Å². The zero-order chi connectivity index (χ0) is 20.6. The first-order valence-corrected chi connectivity index (χ1v) is 9.96. The standard InChI is InChI=1S/C23H26N2O4/c1-2-29-23(28)19-8-10-20(11-9-19)24-22(27)18-12-14-25(15-13-18)21(26)16-17-6-4-3-5-7-17/h3-11,18H,2,12-16H2,1H3,(H,24,27). The number of anilines is 1. The fraction of sp³-hybridized carbons (Fsp3) is 0.348. The molecule has 1 aliphatic rings. The number of benzene rings is 2. The number of nitrogens with one attached hydrogen (secondary N) is 1. The van der Waals surface area contributed by atoms with E-state index in [0.717, 1.165) is 5.56 Å². The van der Waals surface area contributed by atoms with Crippen molar-refractivity contribution in [2.45, 2.75) is 26.2 Å². The van der Waals surface area contributed by atoms with Gasteiger partial charge in [-0.2, -0.15) is 0 Å². The van der Waals surface area contributed by atoms with Crippen molar-refractivity contribution in [2.24, 2.45) is 5.92 Å². The highest BCUT2D eigenvalue weighted by atomic mass is 16.5. The Morgan fingerprint density at radius 3 is 2.28 bits per heavy atom. The van der Waals surface area contributed by atoms with Crippen molar-refractivity contribution in [1.29, 1.82) is 0 Å². The number of rotatable bonds is 6. The molecule has 0 saturated carbocycles. The lowest BCUT2D eigenvalue weighted by molar-refractivity contribution is -0.133. The van der Waals surface area contributed by atoms with E-state index < -0.39 is 0 Å². The summed E-state index contributed by atoms with van der Waals surface area (Å²) in [5, 5.41) is 2.90. The van der Waals surface area contributed by atoms with Gasteiger partial charge in [0, 0.05) is 24.7 Å². The minimum absolute atomic E-state index is 0.0518. The highest BCUT2D eigenvalue weighted by molar-refractivity contribution is 5.94. The third-order valence-corrected chi connectivity index (χ3v) is 5.08. The molecular formula is C23H26N2O4. The van der Waals surface area contributed by atoms with E-state index in [1.165, 1.54) is 0 Å². The Balaban J connectivity index is 1.47. The van der Waals surface area contributed by atoms with Crippen molar-refractivity contribution in [3.63, 3.8) is 0 Å². The molecular weight excluding hydrogens is 368 g/mol. The highest BCUT2D eigenvalue weighted by Crippen LogP contribution is 2.21. The molecule has 0 aliphatic carbocycles. The quantitative estimate of drug-likeness (QED) is 0.763. The Morgan fingerprint density at radius 2 is 1.66 bits per heavy atom. The Morgan fingerprint density at radius 1 is 1.00 bits per heavy atom. The molecule has 0 aromatic heterocycles. The van der Waals surface area contributed by atoms with Crippen LogP contribution in [-0.4, -0.2) is 42.4 Å². The number of hydrogen-bond donors (Lipinski definition) is 1. The van der Waals surface area contributed by atoms with Crippen LogP contribution in [0.5, 0.6) is 0 Å². The number of piperidine rings is 1. The Bertz CT molecular complexity index is 841. The number of esters is 1. The van der Waals surface area contributed by atoms with E-state index in [0.29, 0.717) is 50.2 Å². The topological polar surface area (TPSA) is 75.7 Å². The molecule has 1 fully saturated rings. The van der Waals surface area contributed by atoms with Gasteiger partial charge in [0.2, 0.25) is 11.8 Å². The number of ether oxygens (including phenoxy) is 1. The number of nitrogens with zero attached hydrogens (tertiary/aromatic N) is 1. The van der Waals surface area contributed by atoms with Crippen LogP contribution in [0.4, 0.5) is 5.69 Å². The van der Waals surface area contributed by atoms with Crippen LogP contribution < -0.4 is 5.32 Å². The molecule has 0 unspecified atom stereocenters. The normalized spacial score (nSPS) is 14.3. The van der Waals surface area contributed by atoms with Crippen LogP contribution in [-0.2, 0) is 20.7 Å². The molecule has 0 radical (unpaired) electrons. The summed E-state index contributed by atoms with van der Waals surface area (Å²) in [5.74, 6) is -0.452. The van der Waals surface area contributed by atoms with Crippen molar-refractivity contribution in [3.8, 4) is 0 Å². The molecule has 3 rings (SSSR count). The number of carbonyl (C=O) groups excluding carboxylic acids is 3. The summed E-state index contributed by atoms with van der Waals surface area (Å²) in [6, 6.07) is 16.4. The van der Waals surface area contributed by atoms with Crippen LogP contribution in [0.25, 0.3) is 0 Å². The van der Waals surface area contributed by atoms with Crippen LogP contribution in [0.3, 0.4) is 0 Å². The van der Waals surface area contributed by atoms with Crippen molar-refractivity contribution < 1.29 is 19.1 Å². The number of hydrogen-bond acceptors (Lipinski definition) is 4. The van der Waals surface area contributed by atoms with Crippen molar-refractivity contribution >= 4 is 23.5 Å². The van der Waals surface area contributed by atoms with Crippen molar-refractivity contribution in [1.82, 2.24) is 4.90 Å². The zero-order valence-electron chi connectivity index (χ0n) is 16.6. The van der Waals surface area contributed by atoms with Gasteiger partial charge in [-0.05, 0) is 49.6 Å². The second kappa shape index (κ2) is 9.87. The lowest BCUT2D eigenvalue weighted by Gasteiger charge is -2.31. The fourth-order valence-corrected chi connectivity index (χ4v) is 3.42. The van der Waals surface area contributed by atoms with E-state index in [2.05, 4.69) is 5.32 Å². The summed E-state index contributed by atoms with van der Waals surface area (Å²) in [5.41, 5.74) is 2.10. The summed E-state index contributed by atoms with van der Waals surface area (Å²) in [6.07, 6.45) is 1.69. The highest BCUT2D eigenvalue weighted by Gasteiger charge is 2.27. The van der Waals surface area contributed by atoms with Gasteiger partial charge in [0.25, 0.3) is 0 Å². The first-order valence-electron chi connectivity index (χ1n) is 9.96. The van der Waals surface area contributed by atoms with Gasteiger partial charge in [-0.25, -0.2) is 4.79 Å². The third kappa shape index (κ3) is 5.67. The maximum atomic E-state index is 12.6. The average molecular weight is 394 g/mol. The van der Waals surface area contributed by atoms with Crippen LogP contribution in [0.2, 0.25) is 0 Å². The summed E-state index contributed by atoms with van der Waals surface area (Å²) in [6.45, 7) is 3.26. The molecule has 2 aromatic rings. The van der Waals surface area contributed by atoms with E-state index in [1.807, 2.05) is 35.2 Å². The molecule has 1 N–H and O–H groups in total. The average Bonchev–Trinajstić information content (AvgIpc) is 2.75. The zero-order valence-corrected chi connectivity index (χ0v) is 16.6. The maximum Gasteiger partial charge on any atom is 0.338 e. The van der Waals surface area contributed by atoms with E-state index in [4.69, 9.17) is 4.74 Å². The third-order valence-electron chi connectivity index (χ3n) is 5.08. The predicted octanol–water partition coefficient (Wildman–Crippen LogP) is 3.28. The number of carbonyl (C=O) groups is 3. The first-order chi connectivity index (χ1) is 14.1. The second-order valence-corrected chi connectivity index (χ2v) is 7.10. The summed E-state index contributed by atoms with van der Waals surface area (Å²) in [7, 11) is 0. The molecule has 2 amide bonds. The van der Waals surface area contributed by atoms with E-state index in [9.17, 15) is 14.4 Å². The van der Waals surface area contributed by atoms with Gasteiger partial charge in [0.05, 0.1) is 18.6 Å². The molecule has 152 valence electrons. The molecule has 0 atom stereocenters. The van der Waals surface area contributed by atoms with Crippen LogP contribution >= 0.6 is 0 Å². The summed E-state index contributed by atoms with van der Waals surface area (Å²) in [4.78, 5) is 38.5. The molecule has 29 heavy (non-hydrogen) atoms. The summed E-state index contributed by atoms with van der Waals surface area (Å²) >= 11 is 0. The molecule has 1 heterocycles. The van der Waals surface area contributed by atoms with Crippen molar-refractivity contribution in [2.75, 3.05) is 25.0 Å². The van der Waals surface area contributed by atoms with Gasteiger partial charge in [0.1, 0.15) is 0 Å². The minimum atomic E-state index is -0.377. The SMILES string of the molecule is CCOC(=O)c1ccc(NC(=O)C2CCN(C(=O)Cc3ccccc3)CC2)cc1. The monoisotopic (exact) mass is 394 g/mol. The largest absolute Gasteiger partial charge is 0.462 e. The Hall–Kier alpha value is -3.15. The maximum absolute atomic E-state index is 12.6. The molecule has 1 saturated heterocycles. The lowest BCUT2D eigenvalue weighted by atomic mass is 9.95. The predicted molar refractivity (Wildman–Crippen MR) is 110 cm³/mol. The van der Waals surface area contributed by atoms with Gasteiger partial charge in [0.15, 0.2) is 0 Å². The molecule has 6 heteroatoms. The van der Waals surface area contributed by atoms with Gasteiger partial charge in [-0.3, -0.25) is 9.59 Å². The van der Waals surface area contributed by atoms with Gasteiger partial charge in [-0.15, -0.1) is 0 Å². The van der Waals surface area contributed by atoms with Crippen LogP contribution in [0, 0.1) is 5.92 Å². The molecule has 6 nitrogen and oxygen atoms in total. The van der Waals surface area contributed by atoms with Gasteiger partial charge in [-0.1, -0.05) is 30.3 Å². The van der Waals surface area contributed by atoms with E-state index in [1.54, 1.807) is 31.2 Å². The van der Waals surface area contributed by atoms with Crippen LogP contribution in [0.15, 0.2) is 54.6 Å². The minimum Gasteiger partial charge on any atom is -0.462 e. The van der Waals surface area contributed by atoms with Crippen LogP contribution in [0.1, 0.15) is 35.7 Å². The molecule has 0 spiro atoms. The number of likely N-dealkylation sites (tertiary alicyclic amines) is 1. The Labute approximate surface area is 170 Å². The van der Waals surface area contributed by atoms with E-state index in [-0.39, 0.29) is 23.7 Å². The molecule has 0 bridgehead atoms. The lowest BCUT2D eigenvalue weighted by Crippen LogP contribution is -2.42. The molecule has 1 aliphatic heterocycles. The van der Waals surface area contributed by atoms with Crippen molar-refractivity contribution in [3.05, 3.63) is 65.7 Å². The molecule has 2 aromatic carbocycles. The van der Waals surface area contributed by atoms with E-state index >= 15 is 0 Å². The first kappa shape index (κ1) is 20.6. The fourth-order valence-electron chi connectivity index (χ4n) is 3.42. The second-order valence-electron chi connectivity index (χ2n) is 7.10. The van der Waals surface area contributed by atoms with Gasteiger partial charge >= 0.3 is 5.97 Å². The summed E-state index contributed by atoms with van der Waals surface area (Å²) < 4.78 is 4.95. The number of amides is 2. The Kier molecular flexibility index (Phi) is 7.00. The smallest absolute Gasteiger partial charge is 0.338 e.